The third-order valence-electron chi connectivity index (χ3n) is 7.68. The molecule has 1 atom stereocenters. The van der Waals surface area contributed by atoms with Crippen molar-refractivity contribution in [3.8, 4) is 0 Å². The Labute approximate surface area is 207 Å². The number of benzene rings is 1. The van der Waals surface area contributed by atoms with Crippen LogP contribution in [0.15, 0.2) is 29.2 Å². The molecule has 1 aromatic carbocycles. The van der Waals surface area contributed by atoms with Gasteiger partial charge in [0.25, 0.3) is 5.91 Å². The van der Waals surface area contributed by atoms with E-state index in [1.54, 1.807) is 0 Å². The molecule has 35 heavy (non-hydrogen) atoms. The van der Waals surface area contributed by atoms with Crippen molar-refractivity contribution < 1.29 is 22.4 Å². The van der Waals surface area contributed by atoms with Gasteiger partial charge in [-0.3, -0.25) is 9.59 Å². The van der Waals surface area contributed by atoms with Crippen LogP contribution in [0.25, 0.3) is 0 Å². The van der Waals surface area contributed by atoms with Crippen LogP contribution < -0.4 is 11.1 Å². The van der Waals surface area contributed by atoms with Crippen molar-refractivity contribution in [2.24, 2.45) is 11.7 Å². The molecule has 2 aliphatic carbocycles. The van der Waals surface area contributed by atoms with E-state index >= 15 is 0 Å². The van der Waals surface area contributed by atoms with Crippen molar-refractivity contribution in [1.82, 2.24) is 14.5 Å². The molecule has 10 heteroatoms. The molecule has 8 nitrogen and oxygen atoms in total. The van der Waals surface area contributed by atoms with E-state index in [4.69, 9.17) is 5.73 Å². The second-order valence-corrected chi connectivity index (χ2v) is 12.1. The zero-order valence-corrected chi connectivity index (χ0v) is 21.0. The molecule has 2 saturated carbocycles. The van der Waals surface area contributed by atoms with Gasteiger partial charge in [0.1, 0.15) is 5.82 Å². The van der Waals surface area contributed by atoms with Gasteiger partial charge < -0.3 is 16.0 Å². The van der Waals surface area contributed by atoms with Crippen molar-refractivity contribution in [2.75, 3.05) is 13.1 Å². The van der Waals surface area contributed by atoms with Crippen molar-refractivity contribution in [1.29, 1.82) is 0 Å². The number of hydrogen-bond acceptors (Lipinski definition) is 5. The second-order valence-electron chi connectivity index (χ2n) is 10.2. The quantitative estimate of drug-likeness (QED) is 0.588. The van der Waals surface area contributed by atoms with Crippen LogP contribution in [-0.4, -0.2) is 60.8 Å². The Morgan fingerprint density at radius 3 is 2.29 bits per heavy atom. The number of hydrogen-bond donors (Lipinski definition) is 2. The van der Waals surface area contributed by atoms with Gasteiger partial charge in [-0.15, -0.1) is 0 Å². The highest BCUT2D eigenvalue weighted by Gasteiger charge is 2.44. The molecule has 3 fully saturated rings. The Morgan fingerprint density at radius 2 is 1.63 bits per heavy atom. The molecule has 2 amide bonds. The number of rotatable bonds is 7. The molecule has 1 aliphatic heterocycles. The first-order valence-corrected chi connectivity index (χ1v) is 14.3. The van der Waals surface area contributed by atoms with Crippen LogP contribution in [0.5, 0.6) is 0 Å². The van der Waals surface area contributed by atoms with Crippen molar-refractivity contribution in [3.05, 3.63) is 30.1 Å². The number of amides is 2. The maximum atomic E-state index is 13.6. The lowest BCUT2D eigenvalue weighted by molar-refractivity contribution is -0.148. The van der Waals surface area contributed by atoms with Gasteiger partial charge in [0.05, 0.1) is 4.90 Å². The largest absolute Gasteiger partial charge is 0.350 e. The zero-order valence-electron chi connectivity index (χ0n) is 20.2. The molecule has 1 unspecified atom stereocenters. The topological polar surface area (TPSA) is 113 Å². The lowest BCUT2D eigenvalue weighted by Gasteiger charge is -2.42. The highest BCUT2D eigenvalue weighted by Crippen LogP contribution is 2.30. The van der Waals surface area contributed by atoms with Gasteiger partial charge in [0.2, 0.25) is 15.9 Å². The molecule has 194 valence electrons. The second kappa shape index (κ2) is 11.3. The minimum atomic E-state index is -4.13. The number of nitrogens with zero attached hydrogens (tertiary/aromatic N) is 2. The number of nitrogens with two attached hydrogens (primary N) is 1. The van der Waals surface area contributed by atoms with Gasteiger partial charge in [-0.05, 0) is 68.7 Å². The predicted octanol–water partition coefficient (Wildman–Crippen LogP) is 2.73. The molecule has 1 saturated heterocycles. The van der Waals surface area contributed by atoms with Crippen molar-refractivity contribution in [2.45, 2.75) is 93.8 Å². The summed E-state index contributed by atoms with van der Waals surface area (Å²) in [6, 6.07) is 4.58. The van der Waals surface area contributed by atoms with Crippen molar-refractivity contribution >= 4 is 21.8 Å². The Hall–Kier alpha value is -2.04. The van der Waals surface area contributed by atoms with Gasteiger partial charge >= 0.3 is 0 Å². The molecule has 4 rings (SSSR count). The van der Waals surface area contributed by atoms with Crippen LogP contribution in [0.1, 0.15) is 70.6 Å². The molecule has 0 bridgehead atoms. The molecule has 0 spiro atoms. The van der Waals surface area contributed by atoms with Crippen LogP contribution in [0.4, 0.5) is 4.39 Å². The molecule has 1 heterocycles. The lowest BCUT2D eigenvalue weighted by Crippen LogP contribution is -2.64. The van der Waals surface area contributed by atoms with Crippen LogP contribution in [0, 0.1) is 11.7 Å². The molecule has 3 N–H and O–H groups in total. The van der Waals surface area contributed by atoms with E-state index < -0.39 is 27.9 Å². The van der Waals surface area contributed by atoms with E-state index in [1.807, 2.05) is 0 Å². The summed E-state index contributed by atoms with van der Waals surface area (Å²) in [5.41, 5.74) is 5.99. The fourth-order valence-corrected chi connectivity index (χ4v) is 7.23. The summed E-state index contributed by atoms with van der Waals surface area (Å²) in [7, 11) is -4.13. The van der Waals surface area contributed by atoms with Gasteiger partial charge in [0.15, 0.2) is 6.17 Å². The zero-order chi connectivity index (χ0) is 25.0. The maximum absolute atomic E-state index is 13.6. The smallest absolute Gasteiger partial charge is 0.259 e. The normalized spacial score (nSPS) is 26.6. The lowest BCUT2D eigenvalue weighted by atomic mass is 9.92. The van der Waals surface area contributed by atoms with Crippen LogP contribution in [0.2, 0.25) is 0 Å². The summed E-state index contributed by atoms with van der Waals surface area (Å²) in [4.78, 5) is 28.2. The number of carbonyl (C=O) groups excluding carboxylic acids is 2. The van der Waals surface area contributed by atoms with E-state index in [2.05, 4.69) is 5.32 Å². The predicted molar refractivity (Wildman–Crippen MR) is 130 cm³/mol. The summed E-state index contributed by atoms with van der Waals surface area (Å²) in [6.07, 6.45) is 7.85. The fraction of sp³-hybridized carbons (Fsp3) is 0.680. The Kier molecular flexibility index (Phi) is 8.44. The number of nitrogens with one attached hydrogen (secondary N) is 1. The third-order valence-corrected chi connectivity index (χ3v) is 9.55. The minimum Gasteiger partial charge on any atom is -0.350 e. The first kappa shape index (κ1) is 26.0. The van der Waals surface area contributed by atoms with E-state index in [0.717, 1.165) is 61.4 Å². The van der Waals surface area contributed by atoms with Crippen LogP contribution in [0.3, 0.4) is 0 Å². The van der Waals surface area contributed by atoms with Gasteiger partial charge in [-0.1, -0.05) is 25.7 Å². The average molecular weight is 509 g/mol. The average Bonchev–Trinajstić information content (AvgIpc) is 3.37. The Balaban J connectivity index is 1.57. The molecule has 0 aromatic heterocycles. The fourth-order valence-electron chi connectivity index (χ4n) is 5.63. The van der Waals surface area contributed by atoms with Gasteiger partial charge in [-0.25, -0.2) is 12.8 Å². The molecular weight excluding hydrogens is 471 g/mol. The van der Waals surface area contributed by atoms with E-state index in [1.165, 1.54) is 29.9 Å². The maximum Gasteiger partial charge on any atom is 0.259 e. The summed E-state index contributed by atoms with van der Waals surface area (Å²) in [5, 5.41) is 3.00. The standard InChI is InChI=1S/C25H37FN4O4S/c26-19-7-13-22(14-8-19)35(33,34)30-17-3-16-29(23(31)15-6-18-4-1-2-5-18)25(30)24(32)28-21-11-9-20(27)10-12-21/h7-8,13-14,18,20-21,25H,1-6,9-12,15-17,27H2,(H,28,32). The molecule has 0 radical (unpaired) electrons. The summed E-state index contributed by atoms with van der Waals surface area (Å²) >= 11 is 0. The molecule has 1 aromatic rings. The molecular formula is C25H37FN4O4S. The van der Waals surface area contributed by atoms with Gasteiger partial charge in [-0.2, -0.15) is 4.31 Å². The SMILES string of the molecule is NC1CCC(NC(=O)C2N(C(=O)CCC3CCCC3)CCCN2S(=O)(=O)c2ccc(F)cc2)CC1. The Morgan fingerprint density at radius 1 is 0.971 bits per heavy atom. The summed E-state index contributed by atoms with van der Waals surface area (Å²) in [5.74, 6) is -0.704. The number of carbonyl (C=O) groups is 2. The number of halogens is 1. The Bertz CT molecular complexity index is 989. The minimum absolute atomic E-state index is 0.0967. The van der Waals surface area contributed by atoms with E-state index in [0.29, 0.717) is 25.3 Å². The number of sulfonamides is 1. The van der Waals surface area contributed by atoms with Crippen LogP contribution in [-0.2, 0) is 19.6 Å². The first-order chi connectivity index (χ1) is 16.8. The summed E-state index contributed by atoms with van der Waals surface area (Å²) in [6.45, 7) is 0.437. The molecule has 3 aliphatic rings. The van der Waals surface area contributed by atoms with Crippen molar-refractivity contribution in [3.63, 3.8) is 0 Å². The van der Waals surface area contributed by atoms with E-state index in [9.17, 15) is 22.4 Å². The van der Waals surface area contributed by atoms with Gasteiger partial charge in [0, 0.05) is 31.6 Å². The van der Waals surface area contributed by atoms with Crippen LogP contribution >= 0.6 is 0 Å². The summed E-state index contributed by atoms with van der Waals surface area (Å²) < 4.78 is 41.7. The van der Waals surface area contributed by atoms with E-state index in [-0.39, 0.29) is 29.4 Å². The first-order valence-electron chi connectivity index (χ1n) is 12.9. The third kappa shape index (κ3) is 6.21. The highest BCUT2D eigenvalue weighted by molar-refractivity contribution is 7.89. The monoisotopic (exact) mass is 508 g/mol. The highest BCUT2D eigenvalue weighted by atomic mass is 32.2.